The standard InChI is InChI=1S/C17H18ClF2N/c1-4-21-17(15-13(18)6-5-7-14(15)19)12-8-10(2)16(20)11(3)9-12/h5-9,17,21H,4H2,1-3H3. The highest BCUT2D eigenvalue weighted by Crippen LogP contribution is 2.32. The highest BCUT2D eigenvalue weighted by atomic mass is 35.5. The van der Waals surface area contributed by atoms with Crippen LogP contribution in [0.25, 0.3) is 0 Å². The number of nitrogens with one attached hydrogen (secondary N) is 1. The van der Waals surface area contributed by atoms with E-state index < -0.39 is 6.04 Å². The Kier molecular flexibility index (Phi) is 4.96. The molecule has 1 N–H and O–H groups in total. The van der Waals surface area contributed by atoms with Gasteiger partial charge in [-0.25, -0.2) is 8.78 Å². The van der Waals surface area contributed by atoms with Crippen LogP contribution in [0.2, 0.25) is 5.02 Å². The van der Waals surface area contributed by atoms with Crippen LogP contribution in [0.5, 0.6) is 0 Å². The van der Waals surface area contributed by atoms with Crippen LogP contribution in [0, 0.1) is 25.5 Å². The first-order chi connectivity index (χ1) is 9.95. The van der Waals surface area contributed by atoms with Gasteiger partial charge in [-0.2, -0.15) is 0 Å². The quantitative estimate of drug-likeness (QED) is 0.844. The first kappa shape index (κ1) is 15.9. The molecule has 0 aliphatic rings. The third-order valence-corrected chi connectivity index (χ3v) is 3.82. The van der Waals surface area contributed by atoms with Crippen molar-refractivity contribution in [2.75, 3.05) is 6.54 Å². The average molecular weight is 310 g/mol. The van der Waals surface area contributed by atoms with Crippen LogP contribution in [-0.4, -0.2) is 6.54 Å². The highest BCUT2D eigenvalue weighted by Gasteiger charge is 2.21. The molecule has 2 aromatic carbocycles. The summed E-state index contributed by atoms with van der Waals surface area (Å²) in [7, 11) is 0. The first-order valence-corrected chi connectivity index (χ1v) is 7.27. The molecule has 0 saturated carbocycles. The van der Waals surface area contributed by atoms with Gasteiger partial charge in [0.05, 0.1) is 6.04 Å². The molecule has 21 heavy (non-hydrogen) atoms. The monoisotopic (exact) mass is 309 g/mol. The molecule has 0 amide bonds. The number of hydrogen-bond donors (Lipinski definition) is 1. The van der Waals surface area contributed by atoms with Gasteiger partial charge in [0.25, 0.3) is 0 Å². The van der Waals surface area contributed by atoms with Gasteiger partial charge in [-0.05, 0) is 49.2 Å². The van der Waals surface area contributed by atoms with Crippen molar-refractivity contribution in [3.63, 3.8) is 0 Å². The summed E-state index contributed by atoms with van der Waals surface area (Å²) in [5.74, 6) is -0.596. The van der Waals surface area contributed by atoms with E-state index in [2.05, 4.69) is 5.32 Å². The zero-order valence-corrected chi connectivity index (χ0v) is 13.1. The van der Waals surface area contributed by atoms with Crippen LogP contribution >= 0.6 is 11.6 Å². The van der Waals surface area contributed by atoms with Crippen molar-refractivity contribution in [2.45, 2.75) is 26.8 Å². The molecular weight excluding hydrogens is 292 g/mol. The van der Waals surface area contributed by atoms with Crippen LogP contribution in [-0.2, 0) is 0 Å². The van der Waals surface area contributed by atoms with E-state index in [0.29, 0.717) is 28.3 Å². The summed E-state index contributed by atoms with van der Waals surface area (Å²) >= 11 is 6.17. The molecular formula is C17H18ClF2N. The molecule has 112 valence electrons. The second-order valence-electron chi connectivity index (χ2n) is 5.09. The van der Waals surface area contributed by atoms with Crippen LogP contribution in [0.15, 0.2) is 30.3 Å². The van der Waals surface area contributed by atoms with Crippen LogP contribution in [0.1, 0.15) is 35.2 Å². The minimum atomic E-state index is -0.401. The maximum atomic E-state index is 14.2. The van der Waals surface area contributed by atoms with Gasteiger partial charge < -0.3 is 5.32 Å². The molecule has 0 spiro atoms. The van der Waals surface area contributed by atoms with Gasteiger partial charge in [-0.3, -0.25) is 0 Å². The normalized spacial score (nSPS) is 12.5. The van der Waals surface area contributed by atoms with Gasteiger partial charge >= 0.3 is 0 Å². The highest BCUT2D eigenvalue weighted by molar-refractivity contribution is 6.31. The summed E-state index contributed by atoms with van der Waals surface area (Å²) in [6.07, 6.45) is 0. The van der Waals surface area contributed by atoms with E-state index in [9.17, 15) is 8.78 Å². The molecule has 0 fully saturated rings. The fraction of sp³-hybridized carbons (Fsp3) is 0.294. The first-order valence-electron chi connectivity index (χ1n) is 6.89. The number of halogens is 3. The van der Waals surface area contributed by atoms with Crippen molar-refractivity contribution >= 4 is 11.6 Å². The Labute approximate surface area is 128 Å². The van der Waals surface area contributed by atoms with E-state index in [1.807, 2.05) is 6.92 Å². The van der Waals surface area contributed by atoms with E-state index in [1.54, 1.807) is 38.1 Å². The molecule has 0 saturated heterocycles. The third kappa shape index (κ3) is 3.25. The molecule has 2 rings (SSSR count). The Balaban J connectivity index is 2.59. The predicted molar refractivity (Wildman–Crippen MR) is 82.8 cm³/mol. The van der Waals surface area contributed by atoms with Crippen molar-refractivity contribution in [3.05, 3.63) is 69.2 Å². The number of hydrogen-bond acceptors (Lipinski definition) is 1. The minimum Gasteiger partial charge on any atom is -0.306 e. The predicted octanol–water partition coefficient (Wildman–Crippen LogP) is 4.93. The second-order valence-corrected chi connectivity index (χ2v) is 5.50. The molecule has 1 nitrogen and oxygen atoms in total. The van der Waals surface area contributed by atoms with Crippen molar-refractivity contribution < 1.29 is 8.78 Å². The Morgan fingerprint density at radius 2 is 1.76 bits per heavy atom. The summed E-state index contributed by atoms with van der Waals surface area (Å²) in [5.41, 5.74) is 2.28. The lowest BCUT2D eigenvalue weighted by atomic mass is 9.94. The lowest BCUT2D eigenvalue weighted by molar-refractivity contribution is 0.556. The second kappa shape index (κ2) is 6.54. The van der Waals surface area contributed by atoms with Crippen molar-refractivity contribution in [1.29, 1.82) is 0 Å². The number of aryl methyl sites for hydroxylation is 2. The van der Waals surface area contributed by atoms with Crippen LogP contribution < -0.4 is 5.32 Å². The summed E-state index contributed by atoms with van der Waals surface area (Å²) in [5, 5.41) is 3.59. The Morgan fingerprint density at radius 3 is 2.29 bits per heavy atom. The van der Waals surface area contributed by atoms with Gasteiger partial charge in [0.15, 0.2) is 0 Å². The molecule has 0 aliphatic carbocycles. The smallest absolute Gasteiger partial charge is 0.129 e. The fourth-order valence-corrected chi connectivity index (χ4v) is 2.80. The minimum absolute atomic E-state index is 0.228. The molecule has 1 atom stereocenters. The molecule has 0 aromatic heterocycles. The molecule has 4 heteroatoms. The van der Waals surface area contributed by atoms with Gasteiger partial charge in [-0.15, -0.1) is 0 Å². The van der Waals surface area contributed by atoms with E-state index in [0.717, 1.165) is 5.56 Å². The van der Waals surface area contributed by atoms with Gasteiger partial charge in [0.1, 0.15) is 11.6 Å². The average Bonchev–Trinajstić information content (AvgIpc) is 2.43. The van der Waals surface area contributed by atoms with Crippen molar-refractivity contribution in [3.8, 4) is 0 Å². The van der Waals surface area contributed by atoms with E-state index >= 15 is 0 Å². The third-order valence-electron chi connectivity index (χ3n) is 3.49. The maximum absolute atomic E-state index is 14.2. The van der Waals surface area contributed by atoms with E-state index in [1.165, 1.54) is 6.07 Å². The summed E-state index contributed by atoms with van der Waals surface area (Å²) in [6.45, 7) is 5.99. The molecule has 0 bridgehead atoms. The molecule has 1 unspecified atom stereocenters. The zero-order chi connectivity index (χ0) is 15.6. The Hall–Kier alpha value is -1.45. The van der Waals surface area contributed by atoms with Gasteiger partial charge in [-0.1, -0.05) is 36.7 Å². The summed E-state index contributed by atoms with van der Waals surface area (Å²) in [6, 6.07) is 7.69. The van der Waals surface area contributed by atoms with Gasteiger partial charge in [0.2, 0.25) is 0 Å². The van der Waals surface area contributed by atoms with Crippen molar-refractivity contribution in [2.24, 2.45) is 0 Å². The Bertz CT molecular complexity index is 612. The maximum Gasteiger partial charge on any atom is 0.129 e. The number of rotatable bonds is 4. The molecule has 2 aromatic rings. The number of benzene rings is 2. The molecule has 0 heterocycles. The van der Waals surface area contributed by atoms with E-state index in [-0.39, 0.29) is 11.6 Å². The lowest BCUT2D eigenvalue weighted by Gasteiger charge is -2.22. The van der Waals surface area contributed by atoms with Crippen LogP contribution in [0.4, 0.5) is 8.78 Å². The largest absolute Gasteiger partial charge is 0.306 e. The molecule has 0 radical (unpaired) electrons. The summed E-state index contributed by atoms with van der Waals surface area (Å²) in [4.78, 5) is 0. The van der Waals surface area contributed by atoms with Gasteiger partial charge in [0, 0.05) is 10.6 Å². The zero-order valence-electron chi connectivity index (χ0n) is 12.3. The lowest BCUT2D eigenvalue weighted by Crippen LogP contribution is -2.23. The topological polar surface area (TPSA) is 12.0 Å². The van der Waals surface area contributed by atoms with E-state index in [4.69, 9.17) is 11.6 Å². The summed E-state index contributed by atoms with van der Waals surface area (Å²) < 4.78 is 28.0. The van der Waals surface area contributed by atoms with Crippen LogP contribution in [0.3, 0.4) is 0 Å². The van der Waals surface area contributed by atoms with Crippen molar-refractivity contribution in [1.82, 2.24) is 5.32 Å². The molecule has 0 aliphatic heterocycles. The Morgan fingerprint density at radius 1 is 1.14 bits per heavy atom. The SMILES string of the molecule is CCNC(c1cc(C)c(F)c(C)c1)c1c(F)cccc1Cl. The fourth-order valence-electron chi connectivity index (χ4n) is 2.52.